The number of hydrogen-bond acceptors (Lipinski definition) is 5. The Labute approximate surface area is 167 Å². The number of benzene rings is 2. The highest BCUT2D eigenvalue weighted by molar-refractivity contribution is 7.89. The van der Waals surface area contributed by atoms with Gasteiger partial charge in [0, 0.05) is 5.56 Å². The van der Waals surface area contributed by atoms with Crippen molar-refractivity contribution in [1.82, 2.24) is 4.72 Å². The third-order valence-corrected chi connectivity index (χ3v) is 5.74. The van der Waals surface area contributed by atoms with Gasteiger partial charge < -0.3 is 14.5 Å². The zero-order valence-corrected chi connectivity index (χ0v) is 16.4. The van der Waals surface area contributed by atoms with Crippen LogP contribution in [0.5, 0.6) is 5.75 Å². The number of amides is 1. The van der Waals surface area contributed by atoms with Crippen LogP contribution in [0.3, 0.4) is 0 Å². The van der Waals surface area contributed by atoms with Crippen LogP contribution in [0.4, 0.5) is 5.69 Å². The van der Waals surface area contributed by atoms with E-state index in [-0.39, 0.29) is 22.0 Å². The van der Waals surface area contributed by atoms with Crippen LogP contribution in [0.2, 0.25) is 5.02 Å². The van der Waals surface area contributed by atoms with Crippen molar-refractivity contribution in [3.8, 4) is 5.75 Å². The Morgan fingerprint density at radius 2 is 1.93 bits per heavy atom. The summed E-state index contributed by atoms with van der Waals surface area (Å²) in [6.45, 7) is -0.0384. The molecule has 0 aliphatic rings. The number of sulfonamides is 1. The molecule has 0 bridgehead atoms. The fourth-order valence-corrected chi connectivity index (χ4v) is 3.97. The molecule has 2 aromatic carbocycles. The van der Waals surface area contributed by atoms with Crippen molar-refractivity contribution in [3.05, 3.63) is 77.2 Å². The zero-order chi connectivity index (χ0) is 20.1. The van der Waals surface area contributed by atoms with Gasteiger partial charge in [0.25, 0.3) is 5.91 Å². The monoisotopic (exact) mass is 420 g/mol. The van der Waals surface area contributed by atoms with E-state index < -0.39 is 15.9 Å². The minimum atomic E-state index is -3.96. The molecule has 2 N–H and O–H groups in total. The van der Waals surface area contributed by atoms with Gasteiger partial charge >= 0.3 is 0 Å². The lowest BCUT2D eigenvalue weighted by atomic mass is 10.2. The van der Waals surface area contributed by atoms with E-state index in [0.717, 1.165) is 0 Å². The maximum atomic E-state index is 12.6. The molecule has 0 saturated heterocycles. The van der Waals surface area contributed by atoms with Crippen LogP contribution >= 0.6 is 11.6 Å². The molecule has 0 unspecified atom stereocenters. The quantitative estimate of drug-likeness (QED) is 0.607. The fraction of sp³-hybridized carbons (Fsp3) is 0.105. The van der Waals surface area contributed by atoms with Crippen molar-refractivity contribution in [2.45, 2.75) is 11.4 Å². The number of carbonyl (C=O) groups excluding carboxylic acids is 1. The van der Waals surface area contributed by atoms with Crippen LogP contribution in [0.1, 0.15) is 16.1 Å². The van der Waals surface area contributed by atoms with E-state index in [1.54, 1.807) is 36.4 Å². The van der Waals surface area contributed by atoms with Gasteiger partial charge in [-0.2, -0.15) is 0 Å². The highest BCUT2D eigenvalue weighted by Crippen LogP contribution is 2.26. The van der Waals surface area contributed by atoms with E-state index in [0.29, 0.717) is 17.2 Å². The molecule has 0 atom stereocenters. The maximum absolute atomic E-state index is 12.6. The molecule has 1 amide bonds. The number of furan rings is 1. The predicted octanol–water partition coefficient (Wildman–Crippen LogP) is 3.67. The number of hydrogen-bond donors (Lipinski definition) is 2. The topological polar surface area (TPSA) is 97.6 Å². The normalized spacial score (nSPS) is 11.2. The largest absolute Gasteiger partial charge is 0.495 e. The second kappa shape index (κ2) is 8.47. The van der Waals surface area contributed by atoms with Crippen LogP contribution in [0, 0.1) is 0 Å². The van der Waals surface area contributed by atoms with Crippen LogP contribution in [0.25, 0.3) is 0 Å². The van der Waals surface area contributed by atoms with Gasteiger partial charge in [-0.1, -0.05) is 23.7 Å². The Balaban J connectivity index is 1.83. The van der Waals surface area contributed by atoms with E-state index in [2.05, 4.69) is 10.0 Å². The fourth-order valence-electron chi connectivity index (χ4n) is 2.45. The van der Waals surface area contributed by atoms with Crippen molar-refractivity contribution in [2.24, 2.45) is 0 Å². The Hall–Kier alpha value is -2.81. The van der Waals surface area contributed by atoms with E-state index in [4.69, 9.17) is 20.8 Å². The van der Waals surface area contributed by atoms with Crippen molar-refractivity contribution < 1.29 is 22.4 Å². The van der Waals surface area contributed by atoms with Crippen molar-refractivity contribution in [2.75, 3.05) is 12.4 Å². The summed E-state index contributed by atoms with van der Waals surface area (Å²) < 4.78 is 37.9. The second-order valence-electron chi connectivity index (χ2n) is 5.70. The molecular formula is C19H17ClN2O5S. The molecule has 1 aromatic heterocycles. The molecule has 28 heavy (non-hydrogen) atoms. The standard InChI is InChI=1S/C19H17ClN2O5S/c1-26-17-7-3-2-6-16(17)22-19(23)13-8-9-15(20)18(11-13)28(24,25)21-12-14-5-4-10-27-14/h2-11,21H,12H2,1H3,(H,22,23). The molecular weight excluding hydrogens is 404 g/mol. The molecule has 1 heterocycles. The minimum absolute atomic E-state index is 0.000728. The predicted molar refractivity (Wildman–Crippen MR) is 105 cm³/mol. The van der Waals surface area contributed by atoms with Crippen LogP contribution in [-0.4, -0.2) is 21.4 Å². The van der Waals surface area contributed by atoms with Gasteiger partial charge in [-0.25, -0.2) is 13.1 Å². The smallest absolute Gasteiger partial charge is 0.255 e. The second-order valence-corrected chi connectivity index (χ2v) is 7.85. The molecule has 0 aliphatic heterocycles. The number of methoxy groups -OCH3 is 1. The number of nitrogens with one attached hydrogen (secondary N) is 2. The van der Waals surface area contributed by atoms with Crippen LogP contribution in [-0.2, 0) is 16.6 Å². The van der Waals surface area contributed by atoms with Gasteiger partial charge in [0.15, 0.2) is 0 Å². The summed E-state index contributed by atoms with van der Waals surface area (Å²) in [6.07, 6.45) is 1.44. The minimum Gasteiger partial charge on any atom is -0.495 e. The zero-order valence-electron chi connectivity index (χ0n) is 14.8. The molecule has 9 heteroatoms. The molecule has 0 fully saturated rings. The van der Waals surface area contributed by atoms with Crippen molar-refractivity contribution >= 4 is 33.2 Å². The first-order chi connectivity index (χ1) is 13.4. The molecule has 3 aromatic rings. The highest BCUT2D eigenvalue weighted by Gasteiger charge is 2.21. The number of para-hydroxylation sites is 2. The first-order valence-corrected chi connectivity index (χ1v) is 10.0. The van der Waals surface area contributed by atoms with E-state index in [1.165, 1.54) is 31.6 Å². The average Bonchev–Trinajstić information content (AvgIpc) is 3.21. The lowest BCUT2D eigenvalue weighted by Gasteiger charge is -2.12. The summed E-state index contributed by atoms with van der Waals surface area (Å²) in [7, 11) is -2.47. The first kappa shape index (κ1) is 19.9. The Kier molecular flexibility index (Phi) is 6.03. The number of carbonyl (C=O) groups is 1. The molecule has 0 aliphatic carbocycles. The molecule has 0 saturated carbocycles. The summed E-state index contributed by atoms with van der Waals surface area (Å²) in [4.78, 5) is 12.4. The van der Waals surface area contributed by atoms with Gasteiger partial charge in [0.2, 0.25) is 10.0 Å². The average molecular weight is 421 g/mol. The number of halogens is 1. The SMILES string of the molecule is COc1ccccc1NC(=O)c1ccc(Cl)c(S(=O)(=O)NCc2ccco2)c1. The first-order valence-electron chi connectivity index (χ1n) is 8.16. The van der Waals surface area contributed by atoms with Crippen molar-refractivity contribution in [3.63, 3.8) is 0 Å². The number of anilines is 1. The lowest BCUT2D eigenvalue weighted by molar-refractivity contribution is 0.102. The van der Waals surface area contributed by atoms with Crippen LogP contribution in [0.15, 0.2) is 70.2 Å². The number of rotatable bonds is 7. The molecule has 0 spiro atoms. The molecule has 7 nitrogen and oxygen atoms in total. The van der Waals surface area contributed by atoms with Crippen LogP contribution < -0.4 is 14.8 Å². The maximum Gasteiger partial charge on any atom is 0.255 e. The van der Waals surface area contributed by atoms with E-state index >= 15 is 0 Å². The molecule has 0 radical (unpaired) electrons. The summed E-state index contributed by atoms with van der Waals surface area (Å²) in [5.74, 6) is 0.436. The van der Waals surface area contributed by atoms with Gasteiger partial charge in [0.1, 0.15) is 16.4 Å². The lowest BCUT2D eigenvalue weighted by Crippen LogP contribution is -2.24. The third kappa shape index (κ3) is 4.53. The Morgan fingerprint density at radius 3 is 2.64 bits per heavy atom. The van der Waals surface area contributed by atoms with Gasteiger partial charge in [0.05, 0.1) is 30.6 Å². The van der Waals surface area contributed by atoms with Crippen molar-refractivity contribution in [1.29, 1.82) is 0 Å². The third-order valence-electron chi connectivity index (χ3n) is 3.85. The highest BCUT2D eigenvalue weighted by atomic mass is 35.5. The van der Waals surface area contributed by atoms with E-state index in [1.807, 2.05) is 0 Å². The molecule has 3 rings (SSSR count). The number of ether oxygens (including phenoxy) is 1. The summed E-state index contributed by atoms with van der Waals surface area (Å²) >= 11 is 6.06. The summed E-state index contributed by atoms with van der Waals surface area (Å²) in [6, 6.07) is 14.2. The Bertz CT molecular complexity index is 1080. The summed E-state index contributed by atoms with van der Waals surface area (Å²) in [5, 5.41) is 2.69. The summed E-state index contributed by atoms with van der Waals surface area (Å²) in [5.41, 5.74) is 0.596. The van der Waals surface area contributed by atoms with Gasteiger partial charge in [-0.15, -0.1) is 0 Å². The van der Waals surface area contributed by atoms with E-state index in [9.17, 15) is 13.2 Å². The Morgan fingerprint density at radius 1 is 1.14 bits per heavy atom. The van der Waals surface area contributed by atoms with Gasteiger partial charge in [-0.05, 0) is 42.5 Å². The van der Waals surface area contributed by atoms with Gasteiger partial charge in [-0.3, -0.25) is 4.79 Å². The molecule has 146 valence electrons.